The third kappa shape index (κ3) is 10.9. The number of amides is 2. The van der Waals surface area contributed by atoms with Crippen molar-refractivity contribution in [1.82, 2.24) is 19.8 Å². The van der Waals surface area contributed by atoms with Gasteiger partial charge in [-0.3, -0.25) is 19.2 Å². The first-order chi connectivity index (χ1) is 33.6. The van der Waals surface area contributed by atoms with Crippen molar-refractivity contribution >= 4 is 45.6 Å². The summed E-state index contributed by atoms with van der Waals surface area (Å²) in [5.41, 5.74) is 2.50. The fourth-order valence-corrected chi connectivity index (χ4v) is 12.1. The first kappa shape index (κ1) is 55.0. The molecule has 4 aromatic carbocycles. The minimum absolute atomic E-state index is 0. The van der Waals surface area contributed by atoms with Crippen LogP contribution >= 0.6 is 0 Å². The van der Waals surface area contributed by atoms with Gasteiger partial charge in [0.2, 0.25) is 0 Å². The molecule has 12 rings (SSSR count). The molecule has 20 heteroatoms. The Hall–Kier alpha value is -5.76. The molecule has 11 nitrogen and oxygen atoms in total. The number of halogens is 8. The molecule has 0 unspecified atom stereocenters. The molecule has 0 aliphatic heterocycles. The van der Waals surface area contributed by atoms with Crippen LogP contribution in [0.15, 0.2) is 97.3 Å². The van der Waals surface area contributed by atoms with Crippen molar-refractivity contribution in [2.75, 3.05) is 20.5 Å². The quantitative estimate of drug-likeness (QED) is 0.0511. The summed E-state index contributed by atoms with van der Waals surface area (Å²) < 4.78 is 112. The third-order valence-corrected chi connectivity index (χ3v) is 14.8. The van der Waals surface area contributed by atoms with Crippen molar-refractivity contribution in [2.24, 2.45) is 10.8 Å². The maximum Gasteiger partial charge on any atom is 1.00 e. The summed E-state index contributed by atoms with van der Waals surface area (Å²) in [6.45, 7) is -1.06. The molecule has 0 radical (unpaired) electrons. The van der Waals surface area contributed by atoms with Crippen molar-refractivity contribution in [2.45, 2.75) is 101 Å². The molecule has 73 heavy (non-hydrogen) atoms. The zero-order valence-corrected chi connectivity index (χ0v) is 42.0. The van der Waals surface area contributed by atoms with Gasteiger partial charge in [-0.1, -0.05) is 48.5 Å². The molecule has 4 N–H and O–H groups in total. The Kier molecular flexibility index (Phi) is 15.5. The van der Waals surface area contributed by atoms with Gasteiger partial charge >= 0.3 is 53.8 Å². The molecule has 2 heterocycles. The fraction of sp³-hybridized carbons (Fsp3) is 0.396. The Morgan fingerprint density at radius 1 is 0.603 bits per heavy atom. The number of fused-ring (bicyclic) bond motifs is 2. The molecule has 0 saturated heterocycles. The number of benzene rings is 4. The number of carboxylic acids is 1. The number of nitrogens with one attached hydrogen (secondary N) is 2. The summed E-state index contributed by atoms with van der Waals surface area (Å²) in [7, 11) is 1.36. The number of aromatic nitrogens is 2. The maximum absolute atomic E-state index is 13.4. The van der Waals surface area contributed by atoms with Crippen LogP contribution in [0, 0.1) is 10.8 Å². The fourth-order valence-electron chi connectivity index (χ4n) is 12.1. The van der Waals surface area contributed by atoms with Gasteiger partial charge < -0.3 is 35.1 Å². The summed E-state index contributed by atoms with van der Waals surface area (Å²) in [6.07, 6.45) is -0.495. The SMILES string of the molecule is COC(=O)CC12CC(NC(=O)c3cn(CCF)c4cccc(Cc5ccc(C(F)(F)F)cc5)c34)(C1)C2.O=C(O)CC12CC(NC(=O)c3cn(CCF)c4cccc(Cc5ccc(C(F)(F)F)cc5)c34)(C1)C2.[Na+].[OH-]. The number of carbonyl (C=O) groups excluding carboxylic acids is 3. The van der Waals surface area contributed by atoms with Crippen molar-refractivity contribution in [3.63, 3.8) is 0 Å². The van der Waals surface area contributed by atoms with Crippen molar-refractivity contribution < 1.29 is 99.2 Å². The number of esters is 1. The van der Waals surface area contributed by atoms with Gasteiger partial charge in [-0.15, -0.1) is 0 Å². The molecular formula is C53H51F8N4NaO7. The summed E-state index contributed by atoms with van der Waals surface area (Å²) in [6, 6.07) is 20.7. The van der Waals surface area contributed by atoms with Gasteiger partial charge in [0, 0.05) is 45.3 Å². The molecule has 6 fully saturated rings. The number of aryl methyl sites for hydroxylation is 2. The summed E-state index contributed by atoms with van der Waals surface area (Å²) in [4.78, 5) is 49.5. The van der Waals surface area contributed by atoms with Crippen LogP contribution in [0.3, 0.4) is 0 Å². The van der Waals surface area contributed by atoms with Crippen LogP contribution in [0.1, 0.15) is 105 Å². The molecule has 2 aromatic heterocycles. The zero-order valence-electron chi connectivity index (χ0n) is 40.0. The van der Waals surface area contributed by atoms with Gasteiger partial charge in [0.1, 0.15) is 13.3 Å². The molecule has 2 amide bonds. The number of carboxylic acid groups (broad SMARTS) is 1. The van der Waals surface area contributed by atoms with E-state index in [1.165, 1.54) is 31.4 Å². The normalized spacial score (nSPS) is 22.2. The van der Waals surface area contributed by atoms with Gasteiger partial charge in [-0.25, -0.2) is 8.78 Å². The number of carbonyl (C=O) groups is 4. The third-order valence-electron chi connectivity index (χ3n) is 14.8. The summed E-state index contributed by atoms with van der Waals surface area (Å²) in [5, 5.41) is 16.6. The van der Waals surface area contributed by atoms with Gasteiger partial charge in [-0.05, 0) is 121 Å². The molecule has 0 atom stereocenters. The van der Waals surface area contributed by atoms with Crippen LogP contribution < -0.4 is 40.2 Å². The zero-order chi connectivity index (χ0) is 50.7. The maximum atomic E-state index is 13.4. The molecule has 382 valence electrons. The van der Waals surface area contributed by atoms with E-state index >= 15 is 0 Å². The van der Waals surface area contributed by atoms with Gasteiger partial charge in [-0.2, -0.15) is 26.3 Å². The minimum atomic E-state index is -4.42. The van der Waals surface area contributed by atoms with Crippen LogP contribution in [-0.4, -0.2) is 75.0 Å². The number of nitrogens with zero attached hydrogens (tertiary/aromatic N) is 2. The van der Waals surface area contributed by atoms with Gasteiger partial charge in [0.25, 0.3) is 11.8 Å². The van der Waals surface area contributed by atoms with Gasteiger partial charge in [0.05, 0.1) is 55.3 Å². The smallest absolute Gasteiger partial charge is 0.870 e. The number of ether oxygens (including phenoxy) is 1. The van der Waals surface area contributed by atoms with E-state index in [1.54, 1.807) is 39.7 Å². The van der Waals surface area contributed by atoms with E-state index in [9.17, 15) is 54.3 Å². The average Bonchev–Trinajstić information content (AvgIpc) is 3.84. The largest absolute Gasteiger partial charge is 1.00 e. The Labute approximate surface area is 436 Å². The van der Waals surface area contributed by atoms with E-state index in [0.717, 1.165) is 35.4 Å². The number of rotatable bonds is 16. The number of methoxy groups -OCH3 is 1. The number of hydrogen-bond donors (Lipinski definition) is 3. The molecular weight excluding hydrogens is 980 g/mol. The van der Waals surface area contributed by atoms with Crippen molar-refractivity contribution in [1.29, 1.82) is 0 Å². The second-order valence-electron chi connectivity index (χ2n) is 20.1. The first-order valence-electron chi connectivity index (χ1n) is 23.2. The summed E-state index contributed by atoms with van der Waals surface area (Å²) >= 11 is 0. The molecule has 0 spiro atoms. The van der Waals surface area contributed by atoms with Crippen LogP contribution in [0.25, 0.3) is 21.8 Å². The molecule has 6 aliphatic rings. The van der Waals surface area contributed by atoms with Crippen LogP contribution in [0.5, 0.6) is 0 Å². The Bertz CT molecular complexity index is 3020. The Morgan fingerprint density at radius 2 is 0.973 bits per heavy atom. The van der Waals surface area contributed by atoms with Crippen molar-refractivity contribution in [3.05, 3.63) is 142 Å². The van der Waals surface area contributed by atoms with E-state index in [-0.39, 0.29) is 88.7 Å². The van der Waals surface area contributed by atoms with Crippen LogP contribution in [0.2, 0.25) is 0 Å². The predicted octanol–water partition coefficient (Wildman–Crippen LogP) is 7.61. The topological polar surface area (TPSA) is 162 Å². The standard InChI is InChI=1S/C27H26F4N2O3.C26H24F4N2O3.Na.H2O/c1-36-22(34)12-25-14-26(15-25,16-25)32-24(35)20-13-33(10-9-28)21-4-2-3-18(23(20)21)11-17-5-7-19(8-6-17)27(29,30)31;27-8-9-32-12-19(23(35)31-25-13-24(14-25,15-25)11-21(33)34)22-17(2-1-3-20(22)32)10-16-4-6-18(7-5-16)26(28,29)30;;/h2-8,13H,9-12,14-16H2,1H3,(H,32,35);1-7,12H,8-11,13-15H2,(H,31,35)(H,33,34);;1H2/q;;+1;/p-1. The second kappa shape index (κ2) is 20.5. The first-order valence-corrected chi connectivity index (χ1v) is 23.2. The second-order valence-corrected chi connectivity index (χ2v) is 20.1. The van der Waals surface area contributed by atoms with E-state index in [2.05, 4.69) is 10.6 Å². The summed E-state index contributed by atoms with van der Waals surface area (Å²) in [5.74, 6) is -1.68. The Morgan fingerprint density at radius 3 is 1.30 bits per heavy atom. The molecule has 4 bridgehead atoms. The number of aliphatic carboxylic acids is 1. The Balaban J connectivity index is 0.000000208. The predicted molar refractivity (Wildman–Crippen MR) is 248 cm³/mol. The molecule has 6 aromatic rings. The van der Waals surface area contributed by atoms with E-state index < -0.39 is 48.3 Å². The molecule has 6 aliphatic carbocycles. The van der Waals surface area contributed by atoms with Crippen LogP contribution in [-0.2, 0) is 52.6 Å². The molecule has 6 saturated carbocycles. The van der Waals surface area contributed by atoms with E-state index in [0.29, 0.717) is 102 Å². The minimum Gasteiger partial charge on any atom is -0.870 e. The van der Waals surface area contributed by atoms with Crippen molar-refractivity contribution in [3.8, 4) is 0 Å². The number of hydrogen-bond acceptors (Lipinski definition) is 6. The number of alkyl halides is 8. The van der Waals surface area contributed by atoms with Gasteiger partial charge in [0.15, 0.2) is 0 Å². The average molecular weight is 1030 g/mol. The van der Waals surface area contributed by atoms with E-state index in [1.807, 2.05) is 18.2 Å². The van der Waals surface area contributed by atoms with Crippen LogP contribution in [0.4, 0.5) is 35.1 Å². The monoisotopic (exact) mass is 1030 g/mol. The van der Waals surface area contributed by atoms with E-state index in [4.69, 9.17) is 9.84 Å².